The van der Waals surface area contributed by atoms with E-state index >= 15 is 0 Å². The Kier molecular flexibility index (Phi) is 8.80. The summed E-state index contributed by atoms with van der Waals surface area (Å²) in [7, 11) is -3.82. The zero-order valence-corrected chi connectivity index (χ0v) is 24.5. The number of nitrogens with one attached hydrogen (secondary N) is 1. The number of hydrogen-bond donors (Lipinski definition) is 1. The molecule has 1 aliphatic rings. The molecule has 1 N–H and O–H groups in total. The minimum atomic E-state index is -3.82. The van der Waals surface area contributed by atoms with Crippen molar-refractivity contribution in [2.75, 3.05) is 24.4 Å². The Labute approximate surface area is 236 Å². The second-order valence-corrected chi connectivity index (χ2v) is 13.0. The SMILES string of the molecule is Cc1cc(NS(=O)(=O)c2ccc(Cc3ccc(F)cc3)nc2)ccc1CN1CCN(C(=O)OC(C)(C)C)[C@@H](C)C1. The summed E-state index contributed by atoms with van der Waals surface area (Å²) in [6, 6.07) is 14.9. The molecule has 1 atom stereocenters. The van der Waals surface area contributed by atoms with Crippen LogP contribution in [0.4, 0.5) is 14.9 Å². The van der Waals surface area contributed by atoms with Gasteiger partial charge in [0, 0.05) is 56.2 Å². The maximum atomic E-state index is 13.1. The maximum absolute atomic E-state index is 13.1. The first-order chi connectivity index (χ1) is 18.8. The number of benzene rings is 2. The van der Waals surface area contributed by atoms with Crippen LogP contribution in [0.2, 0.25) is 0 Å². The quantitative estimate of drug-likeness (QED) is 0.413. The molecule has 1 aliphatic heterocycles. The van der Waals surface area contributed by atoms with E-state index in [0.717, 1.165) is 29.8 Å². The van der Waals surface area contributed by atoms with Crippen molar-refractivity contribution < 1.29 is 22.3 Å². The third kappa shape index (κ3) is 7.79. The molecule has 214 valence electrons. The molecule has 8 nitrogen and oxygen atoms in total. The van der Waals surface area contributed by atoms with Crippen molar-refractivity contribution in [3.05, 3.63) is 89.0 Å². The summed E-state index contributed by atoms with van der Waals surface area (Å²) in [5, 5.41) is 0. The normalized spacial score (nSPS) is 16.6. The van der Waals surface area contributed by atoms with Crippen molar-refractivity contribution in [1.29, 1.82) is 0 Å². The minimum Gasteiger partial charge on any atom is -0.444 e. The van der Waals surface area contributed by atoms with Gasteiger partial charge in [-0.2, -0.15) is 0 Å². The Morgan fingerprint density at radius 2 is 1.82 bits per heavy atom. The van der Waals surface area contributed by atoms with Crippen LogP contribution in [-0.2, 0) is 27.7 Å². The second-order valence-electron chi connectivity index (χ2n) is 11.3. The largest absolute Gasteiger partial charge is 0.444 e. The number of aryl methyl sites for hydroxylation is 1. The zero-order chi connectivity index (χ0) is 29.1. The summed E-state index contributed by atoms with van der Waals surface area (Å²) in [4.78, 5) is 20.9. The van der Waals surface area contributed by atoms with Gasteiger partial charge in [0.25, 0.3) is 10.0 Å². The van der Waals surface area contributed by atoms with E-state index in [4.69, 9.17) is 4.74 Å². The Morgan fingerprint density at radius 1 is 1.10 bits per heavy atom. The lowest BCUT2D eigenvalue weighted by atomic mass is 10.1. The number of sulfonamides is 1. The van der Waals surface area contributed by atoms with Gasteiger partial charge < -0.3 is 9.64 Å². The first kappa shape index (κ1) is 29.5. The molecule has 3 aromatic rings. The summed E-state index contributed by atoms with van der Waals surface area (Å²) in [5.74, 6) is -0.305. The van der Waals surface area contributed by atoms with Crippen molar-refractivity contribution in [3.63, 3.8) is 0 Å². The Balaban J connectivity index is 1.35. The number of ether oxygens (including phenoxy) is 1. The number of rotatable bonds is 7. The summed E-state index contributed by atoms with van der Waals surface area (Å²) in [6.45, 7) is 12.3. The van der Waals surface area contributed by atoms with Crippen LogP contribution in [0.3, 0.4) is 0 Å². The molecular weight excluding hydrogens is 531 g/mol. The van der Waals surface area contributed by atoms with Crippen LogP contribution in [0.25, 0.3) is 0 Å². The molecule has 40 heavy (non-hydrogen) atoms. The Morgan fingerprint density at radius 3 is 2.42 bits per heavy atom. The number of nitrogens with zero attached hydrogens (tertiary/aromatic N) is 3. The topological polar surface area (TPSA) is 91.8 Å². The van der Waals surface area contributed by atoms with Gasteiger partial charge in [0.15, 0.2) is 0 Å². The van der Waals surface area contributed by atoms with Crippen molar-refractivity contribution in [1.82, 2.24) is 14.8 Å². The Hall–Kier alpha value is -3.50. The molecule has 0 saturated carbocycles. The summed E-state index contributed by atoms with van der Waals surface area (Å²) < 4.78 is 47.3. The first-order valence-corrected chi connectivity index (χ1v) is 14.8. The molecular formula is C30H37FN4O4S. The summed E-state index contributed by atoms with van der Waals surface area (Å²) >= 11 is 0. The van der Waals surface area contributed by atoms with Crippen LogP contribution in [0.1, 0.15) is 50.1 Å². The van der Waals surface area contributed by atoms with E-state index in [0.29, 0.717) is 30.9 Å². The molecule has 2 aromatic carbocycles. The van der Waals surface area contributed by atoms with Crippen LogP contribution < -0.4 is 4.72 Å². The van der Waals surface area contributed by atoms with Crippen molar-refractivity contribution in [3.8, 4) is 0 Å². The van der Waals surface area contributed by atoms with Gasteiger partial charge in [0.1, 0.15) is 16.3 Å². The van der Waals surface area contributed by atoms with E-state index < -0.39 is 15.6 Å². The molecule has 0 aliphatic carbocycles. The van der Waals surface area contributed by atoms with Gasteiger partial charge in [-0.1, -0.05) is 18.2 Å². The lowest BCUT2D eigenvalue weighted by Crippen LogP contribution is -2.54. The van der Waals surface area contributed by atoms with Gasteiger partial charge in [-0.3, -0.25) is 14.6 Å². The summed E-state index contributed by atoms with van der Waals surface area (Å²) in [5.41, 5.74) is 3.58. The molecule has 0 spiro atoms. The highest BCUT2D eigenvalue weighted by Gasteiger charge is 2.31. The lowest BCUT2D eigenvalue weighted by molar-refractivity contribution is 0.000531. The van der Waals surface area contributed by atoms with Crippen molar-refractivity contribution in [2.24, 2.45) is 0 Å². The number of aromatic nitrogens is 1. The smallest absolute Gasteiger partial charge is 0.410 e. The van der Waals surface area contributed by atoms with Gasteiger partial charge in [-0.15, -0.1) is 0 Å². The standard InChI is InChI=1S/C30H37FN4O4S/c1-21-16-27(11-8-24(21)20-34-14-15-35(22(2)19-34)29(36)39-30(3,4)5)33-40(37,38)28-13-12-26(32-18-28)17-23-6-9-25(31)10-7-23/h6-13,16,18,22,33H,14-15,17,19-20H2,1-5H3/t22-/m0/s1. The fourth-order valence-corrected chi connectivity index (χ4v) is 5.64. The monoisotopic (exact) mass is 568 g/mol. The van der Waals surface area contributed by atoms with E-state index in [1.807, 2.05) is 46.8 Å². The number of pyridine rings is 1. The van der Waals surface area contributed by atoms with Gasteiger partial charge in [-0.05, 0) is 87.7 Å². The second kappa shape index (κ2) is 11.9. The van der Waals surface area contributed by atoms with E-state index in [1.165, 1.54) is 24.4 Å². The Bertz CT molecular complexity index is 1440. The van der Waals surface area contributed by atoms with Gasteiger partial charge >= 0.3 is 6.09 Å². The molecule has 1 amide bonds. The van der Waals surface area contributed by atoms with E-state index in [2.05, 4.69) is 14.6 Å². The number of amides is 1. The van der Waals surface area contributed by atoms with E-state index in [-0.39, 0.29) is 22.8 Å². The van der Waals surface area contributed by atoms with Crippen molar-refractivity contribution in [2.45, 2.75) is 64.1 Å². The van der Waals surface area contributed by atoms with E-state index in [1.54, 1.807) is 29.2 Å². The number of piperazine rings is 1. The number of carbonyl (C=O) groups is 1. The number of anilines is 1. The number of carbonyl (C=O) groups excluding carboxylic acids is 1. The summed E-state index contributed by atoms with van der Waals surface area (Å²) in [6.07, 6.45) is 1.52. The highest BCUT2D eigenvalue weighted by atomic mass is 32.2. The van der Waals surface area contributed by atoms with Gasteiger partial charge in [0.05, 0.1) is 0 Å². The lowest BCUT2D eigenvalue weighted by Gasteiger charge is -2.40. The average molecular weight is 569 g/mol. The third-order valence-corrected chi connectivity index (χ3v) is 8.10. The van der Waals surface area contributed by atoms with Gasteiger partial charge in [0.2, 0.25) is 0 Å². The fourth-order valence-electron chi connectivity index (χ4n) is 4.65. The van der Waals surface area contributed by atoms with Crippen LogP contribution in [-0.4, -0.2) is 60.6 Å². The van der Waals surface area contributed by atoms with Crippen molar-refractivity contribution >= 4 is 21.8 Å². The average Bonchev–Trinajstić information content (AvgIpc) is 2.86. The van der Waals surface area contributed by atoms with Crippen LogP contribution >= 0.6 is 0 Å². The van der Waals surface area contributed by atoms with Crippen LogP contribution in [0.5, 0.6) is 0 Å². The first-order valence-electron chi connectivity index (χ1n) is 13.3. The minimum absolute atomic E-state index is 0.0191. The molecule has 1 saturated heterocycles. The molecule has 1 fully saturated rings. The number of halogens is 1. The van der Waals surface area contributed by atoms with Crippen LogP contribution in [0.15, 0.2) is 65.7 Å². The predicted molar refractivity (Wildman–Crippen MR) is 153 cm³/mol. The van der Waals surface area contributed by atoms with E-state index in [9.17, 15) is 17.6 Å². The highest BCUT2D eigenvalue weighted by molar-refractivity contribution is 7.92. The maximum Gasteiger partial charge on any atom is 0.410 e. The molecule has 0 bridgehead atoms. The highest BCUT2D eigenvalue weighted by Crippen LogP contribution is 2.23. The zero-order valence-electron chi connectivity index (χ0n) is 23.6. The molecule has 1 aromatic heterocycles. The van der Waals surface area contributed by atoms with Crippen LogP contribution in [0, 0.1) is 12.7 Å². The third-order valence-electron chi connectivity index (χ3n) is 6.73. The predicted octanol–water partition coefficient (Wildman–Crippen LogP) is 5.36. The fraction of sp³-hybridized carbons (Fsp3) is 0.400. The molecule has 0 radical (unpaired) electrons. The molecule has 2 heterocycles. The van der Waals surface area contributed by atoms with Gasteiger partial charge in [-0.25, -0.2) is 17.6 Å². The molecule has 4 rings (SSSR count). The number of hydrogen-bond acceptors (Lipinski definition) is 6. The molecule has 10 heteroatoms. The molecule has 0 unspecified atom stereocenters.